The van der Waals surface area contributed by atoms with Gasteiger partial charge in [0, 0.05) is 13.1 Å². The highest BCUT2D eigenvalue weighted by Crippen LogP contribution is 2.35. The van der Waals surface area contributed by atoms with E-state index < -0.39 is 6.10 Å². The molecule has 1 aromatic heterocycles. The van der Waals surface area contributed by atoms with Gasteiger partial charge in [0.2, 0.25) is 0 Å². The van der Waals surface area contributed by atoms with E-state index in [0.29, 0.717) is 11.8 Å². The quantitative estimate of drug-likeness (QED) is 0.901. The lowest BCUT2D eigenvalue weighted by molar-refractivity contribution is 0.169. The van der Waals surface area contributed by atoms with Gasteiger partial charge in [0.15, 0.2) is 0 Å². The number of hydrogen-bond acceptors (Lipinski definition) is 3. The summed E-state index contributed by atoms with van der Waals surface area (Å²) in [6, 6.07) is 4.05. The maximum Gasteiger partial charge on any atom is 0.0957 e. The molecule has 0 spiro atoms. The summed E-state index contributed by atoms with van der Waals surface area (Å²) < 4.78 is 0. The van der Waals surface area contributed by atoms with Crippen molar-refractivity contribution >= 4 is 5.69 Å². The molecule has 1 N–H and O–H groups in total. The van der Waals surface area contributed by atoms with Gasteiger partial charge in [0.25, 0.3) is 0 Å². The van der Waals surface area contributed by atoms with E-state index in [1.54, 1.807) is 0 Å². The summed E-state index contributed by atoms with van der Waals surface area (Å²) in [5.74, 6) is 0. The number of anilines is 1. The zero-order chi connectivity index (χ0) is 13.9. The average molecular weight is 262 g/mol. The topological polar surface area (TPSA) is 36.4 Å². The van der Waals surface area contributed by atoms with Crippen LogP contribution >= 0.6 is 0 Å². The molecule has 1 saturated heterocycles. The van der Waals surface area contributed by atoms with Crippen molar-refractivity contribution in [3.63, 3.8) is 0 Å². The molecule has 1 aliphatic heterocycles. The second-order valence-electron chi connectivity index (χ2n) is 6.02. The third-order valence-electron chi connectivity index (χ3n) is 4.69. The molecule has 1 aliphatic rings. The van der Waals surface area contributed by atoms with Gasteiger partial charge < -0.3 is 10.0 Å². The third-order valence-corrected chi connectivity index (χ3v) is 4.69. The average Bonchev–Trinajstić information content (AvgIpc) is 2.47. The van der Waals surface area contributed by atoms with Crippen molar-refractivity contribution in [2.75, 3.05) is 18.0 Å². The van der Waals surface area contributed by atoms with Gasteiger partial charge in [-0.15, -0.1) is 0 Å². The van der Waals surface area contributed by atoms with Crippen molar-refractivity contribution in [2.24, 2.45) is 5.41 Å². The number of pyridine rings is 1. The minimum atomic E-state index is -0.432. The molecule has 1 fully saturated rings. The highest BCUT2D eigenvalue weighted by atomic mass is 16.3. The molecular weight excluding hydrogens is 236 g/mol. The molecule has 3 nitrogen and oxygen atoms in total. The van der Waals surface area contributed by atoms with Gasteiger partial charge in [-0.25, -0.2) is 0 Å². The number of hydrogen-bond donors (Lipinski definition) is 1. The van der Waals surface area contributed by atoms with Gasteiger partial charge in [-0.3, -0.25) is 4.98 Å². The standard InChI is InChI=1S/C16H26N2O/c1-4-15(19)14-7-6-13(12-17-14)18-10-8-16(3,5-2)9-11-18/h6-7,12,15,19H,4-5,8-11H2,1-3H3/t15-/m0/s1. The first-order chi connectivity index (χ1) is 9.08. The molecule has 0 saturated carbocycles. The number of nitrogens with zero attached hydrogens (tertiary/aromatic N) is 2. The van der Waals surface area contributed by atoms with Crippen LogP contribution in [0.2, 0.25) is 0 Å². The van der Waals surface area contributed by atoms with Crippen LogP contribution in [0.3, 0.4) is 0 Å². The van der Waals surface area contributed by atoms with Crippen molar-refractivity contribution in [3.8, 4) is 0 Å². The smallest absolute Gasteiger partial charge is 0.0957 e. The molecule has 0 unspecified atom stereocenters. The minimum Gasteiger partial charge on any atom is -0.387 e. The first-order valence-electron chi connectivity index (χ1n) is 7.47. The number of aliphatic hydroxyl groups is 1. The van der Waals surface area contributed by atoms with Crippen molar-refractivity contribution in [1.82, 2.24) is 4.98 Å². The monoisotopic (exact) mass is 262 g/mol. The largest absolute Gasteiger partial charge is 0.387 e. The van der Waals surface area contributed by atoms with E-state index in [1.165, 1.54) is 24.9 Å². The normalized spacial score (nSPS) is 20.3. The molecule has 0 aliphatic carbocycles. The molecule has 3 heteroatoms. The highest BCUT2D eigenvalue weighted by molar-refractivity contribution is 5.45. The Hall–Kier alpha value is -1.09. The van der Waals surface area contributed by atoms with Crippen molar-refractivity contribution in [1.29, 1.82) is 0 Å². The fraction of sp³-hybridized carbons (Fsp3) is 0.688. The Bertz CT molecular complexity index is 394. The zero-order valence-corrected chi connectivity index (χ0v) is 12.4. The lowest BCUT2D eigenvalue weighted by atomic mass is 9.78. The molecule has 0 bridgehead atoms. The van der Waals surface area contributed by atoms with Gasteiger partial charge in [-0.1, -0.05) is 27.2 Å². The SMILES string of the molecule is CC[C@H](O)c1ccc(N2CCC(C)(CC)CC2)cn1. The Morgan fingerprint density at radius 3 is 2.47 bits per heavy atom. The third kappa shape index (κ3) is 3.27. The van der Waals surface area contributed by atoms with Crippen LogP contribution in [0.1, 0.15) is 58.3 Å². The van der Waals surface area contributed by atoms with E-state index in [4.69, 9.17) is 0 Å². The summed E-state index contributed by atoms with van der Waals surface area (Å²) in [4.78, 5) is 6.80. The van der Waals surface area contributed by atoms with Crippen LogP contribution in [0.5, 0.6) is 0 Å². The molecule has 2 heterocycles. The van der Waals surface area contributed by atoms with E-state index in [0.717, 1.165) is 18.8 Å². The molecule has 0 amide bonds. The second kappa shape index (κ2) is 5.91. The van der Waals surface area contributed by atoms with Gasteiger partial charge >= 0.3 is 0 Å². The summed E-state index contributed by atoms with van der Waals surface area (Å²) in [6.45, 7) is 8.88. The summed E-state index contributed by atoms with van der Waals surface area (Å²) in [6.07, 6.45) is 5.96. The molecule has 0 aromatic carbocycles. The first-order valence-corrected chi connectivity index (χ1v) is 7.47. The lowest BCUT2D eigenvalue weighted by Crippen LogP contribution is -2.38. The van der Waals surface area contributed by atoms with Gasteiger partial charge in [-0.2, -0.15) is 0 Å². The maximum absolute atomic E-state index is 9.75. The minimum absolute atomic E-state index is 0.432. The molecule has 106 valence electrons. The molecule has 19 heavy (non-hydrogen) atoms. The molecule has 0 radical (unpaired) electrons. The van der Waals surface area contributed by atoms with Gasteiger partial charge in [-0.05, 0) is 36.8 Å². The van der Waals surface area contributed by atoms with E-state index >= 15 is 0 Å². The fourth-order valence-corrected chi connectivity index (χ4v) is 2.65. The molecule has 1 aromatic rings. The predicted molar refractivity (Wildman–Crippen MR) is 79.3 cm³/mol. The number of piperidine rings is 1. The van der Waals surface area contributed by atoms with Gasteiger partial charge in [0.05, 0.1) is 23.7 Å². The van der Waals surface area contributed by atoms with E-state index in [-0.39, 0.29) is 0 Å². The number of aromatic nitrogens is 1. The fourth-order valence-electron chi connectivity index (χ4n) is 2.65. The maximum atomic E-state index is 9.75. The van der Waals surface area contributed by atoms with E-state index in [9.17, 15) is 5.11 Å². The Balaban J connectivity index is 2.00. The van der Waals surface area contributed by atoms with E-state index in [2.05, 4.69) is 29.8 Å². The van der Waals surface area contributed by atoms with E-state index in [1.807, 2.05) is 19.2 Å². The summed E-state index contributed by atoms with van der Waals surface area (Å²) in [5, 5.41) is 9.75. The molecule has 2 rings (SSSR count). The summed E-state index contributed by atoms with van der Waals surface area (Å²) >= 11 is 0. The van der Waals surface area contributed by atoms with Crippen LogP contribution in [0.25, 0.3) is 0 Å². The van der Waals surface area contributed by atoms with Crippen molar-refractivity contribution < 1.29 is 5.11 Å². The number of rotatable bonds is 4. The molecule has 1 atom stereocenters. The van der Waals surface area contributed by atoms with Gasteiger partial charge in [0.1, 0.15) is 0 Å². The Morgan fingerprint density at radius 2 is 2.00 bits per heavy atom. The van der Waals surface area contributed by atoms with Crippen LogP contribution in [0.4, 0.5) is 5.69 Å². The second-order valence-corrected chi connectivity index (χ2v) is 6.02. The highest BCUT2D eigenvalue weighted by Gasteiger charge is 2.28. The van der Waals surface area contributed by atoms with Crippen LogP contribution < -0.4 is 4.90 Å². The number of aliphatic hydroxyl groups excluding tert-OH is 1. The summed E-state index contributed by atoms with van der Waals surface area (Å²) in [5.41, 5.74) is 2.48. The van der Waals surface area contributed by atoms with Crippen molar-refractivity contribution in [2.45, 2.75) is 52.6 Å². The van der Waals surface area contributed by atoms with Crippen LogP contribution in [0, 0.1) is 5.41 Å². The predicted octanol–water partition coefficient (Wildman–Crippen LogP) is 3.54. The lowest BCUT2D eigenvalue weighted by Gasteiger charge is -2.40. The Labute approximate surface area is 116 Å². The molecular formula is C16H26N2O. The van der Waals surface area contributed by atoms with Crippen molar-refractivity contribution in [3.05, 3.63) is 24.0 Å². The zero-order valence-electron chi connectivity index (χ0n) is 12.4. The Morgan fingerprint density at radius 1 is 1.32 bits per heavy atom. The van der Waals surface area contributed by atoms with Crippen LogP contribution in [0.15, 0.2) is 18.3 Å². The van der Waals surface area contributed by atoms with Crippen LogP contribution in [-0.4, -0.2) is 23.2 Å². The first kappa shape index (κ1) is 14.3. The van der Waals surface area contributed by atoms with Crippen LogP contribution in [-0.2, 0) is 0 Å². The summed E-state index contributed by atoms with van der Waals surface area (Å²) in [7, 11) is 0. The Kier molecular flexibility index (Phi) is 4.46.